The number of rotatable bonds is 8. The first kappa shape index (κ1) is 18.1. The second kappa shape index (κ2) is 7.87. The number of hydrogen-bond donors (Lipinski definition) is 1. The van der Waals surface area contributed by atoms with Crippen molar-refractivity contribution in [1.82, 2.24) is 9.55 Å². The summed E-state index contributed by atoms with van der Waals surface area (Å²) in [7, 11) is 0. The molecule has 0 fully saturated rings. The van der Waals surface area contributed by atoms with Crippen LogP contribution < -0.4 is 0 Å². The summed E-state index contributed by atoms with van der Waals surface area (Å²) >= 11 is 1.31. The molecule has 21 heavy (non-hydrogen) atoms. The number of carbonyl (C=O) groups is 1. The van der Waals surface area contributed by atoms with Crippen molar-refractivity contribution in [2.24, 2.45) is 0 Å². The minimum absolute atomic E-state index is 0.00799. The van der Waals surface area contributed by atoms with Crippen LogP contribution in [-0.2, 0) is 10.2 Å². The van der Waals surface area contributed by atoms with Crippen molar-refractivity contribution in [3.05, 3.63) is 11.9 Å². The predicted octanol–water partition coefficient (Wildman–Crippen LogP) is 4.50. The van der Waals surface area contributed by atoms with Crippen LogP contribution in [0.4, 0.5) is 0 Å². The van der Waals surface area contributed by atoms with Crippen LogP contribution in [0.2, 0.25) is 0 Å². The molecule has 1 unspecified atom stereocenters. The van der Waals surface area contributed by atoms with E-state index in [0.717, 1.165) is 11.6 Å². The summed E-state index contributed by atoms with van der Waals surface area (Å²) in [5.41, 5.74) is 1.19. The number of unbranched alkanes of at least 4 members (excludes halogenated alkanes) is 2. The maximum Gasteiger partial charge on any atom is 0.313 e. The van der Waals surface area contributed by atoms with Gasteiger partial charge in [0.25, 0.3) is 0 Å². The Labute approximate surface area is 132 Å². The maximum atomic E-state index is 10.8. The molecule has 4 nitrogen and oxygen atoms in total. The number of aliphatic carboxylic acids is 1. The molecule has 0 aliphatic heterocycles. The molecule has 0 amide bonds. The van der Waals surface area contributed by atoms with Crippen molar-refractivity contribution in [2.45, 2.75) is 76.9 Å². The van der Waals surface area contributed by atoms with Gasteiger partial charge in [-0.3, -0.25) is 4.79 Å². The van der Waals surface area contributed by atoms with Crippen LogP contribution in [0.15, 0.2) is 11.4 Å². The molecule has 1 rings (SSSR count). The van der Waals surface area contributed by atoms with Gasteiger partial charge >= 0.3 is 5.97 Å². The molecule has 1 aromatic rings. The van der Waals surface area contributed by atoms with E-state index in [0.29, 0.717) is 6.04 Å². The highest BCUT2D eigenvalue weighted by Gasteiger charge is 2.24. The molecule has 0 aliphatic carbocycles. The van der Waals surface area contributed by atoms with E-state index in [2.05, 4.69) is 44.2 Å². The van der Waals surface area contributed by atoms with Gasteiger partial charge in [-0.2, -0.15) is 0 Å². The van der Waals surface area contributed by atoms with Crippen molar-refractivity contribution in [3.8, 4) is 0 Å². The molecule has 1 aromatic heterocycles. The van der Waals surface area contributed by atoms with E-state index in [9.17, 15) is 4.79 Å². The molecule has 120 valence electrons. The lowest BCUT2D eigenvalue weighted by Crippen LogP contribution is -2.20. The second-order valence-corrected chi connectivity index (χ2v) is 7.52. The van der Waals surface area contributed by atoms with Crippen LogP contribution in [-0.4, -0.2) is 26.4 Å². The summed E-state index contributed by atoms with van der Waals surface area (Å²) in [6.45, 7) is 10.9. The minimum Gasteiger partial charge on any atom is -0.481 e. The lowest BCUT2D eigenvalue weighted by Gasteiger charge is -2.26. The highest BCUT2D eigenvalue weighted by molar-refractivity contribution is 7.99. The van der Waals surface area contributed by atoms with Crippen molar-refractivity contribution in [1.29, 1.82) is 0 Å². The molecule has 1 atom stereocenters. The third-order valence-electron chi connectivity index (χ3n) is 3.52. The van der Waals surface area contributed by atoms with Gasteiger partial charge in [-0.25, -0.2) is 4.98 Å². The van der Waals surface area contributed by atoms with Crippen LogP contribution in [0.5, 0.6) is 0 Å². The molecule has 0 spiro atoms. The molecular formula is C16H28N2O2S. The van der Waals surface area contributed by atoms with Gasteiger partial charge in [0.05, 0.1) is 5.75 Å². The van der Waals surface area contributed by atoms with Crippen LogP contribution >= 0.6 is 11.8 Å². The zero-order valence-corrected chi connectivity index (χ0v) is 14.7. The lowest BCUT2D eigenvalue weighted by atomic mass is 9.92. The number of imidazole rings is 1. The predicted molar refractivity (Wildman–Crippen MR) is 88.1 cm³/mol. The summed E-state index contributed by atoms with van der Waals surface area (Å²) in [6, 6.07) is 0.351. The molecular weight excluding hydrogens is 284 g/mol. The molecule has 0 bridgehead atoms. The molecule has 0 aliphatic rings. The van der Waals surface area contributed by atoms with Crippen LogP contribution in [0, 0.1) is 0 Å². The molecule has 5 heteroatoms. The Bertz CT molecular complexity index is 463. The van der Waals surface area contributed by atoms with E-state index < -0.39 is 5.97 Å². The van der Waals surface area contributed by atoms with Crippen molar-refractivity contribution in [3.63, 3.8) is 0 Å². The Morgan fingerprint density at radius 1 is 1.43 bits per heavy atom. The summed E-state index contributed by atoms with van der Waals surface area (Å²) < 4.78 is 2.24. The first-order valence-corrected chi connectivity index (χ1v) is 8.68. The molecule has 0 radical (unpaired) electrons. The zero-order valence-electron chi connectivity index (χ0n) is 13.8. The SMILES string of the molecule is CCCCCC(C)n1c(C(C)(C)C)cnc1SCC(=O)O. The van der Waals surface area contributed by atoms with E-state index in [-0.39, 0.29) is 11.2 Å². The number of aromatic nitrogens is 2. The zero-order chi connectivity index (χ0) is 16.0. The van der Waals surface area contributed by atoms with Crippen molar-refractivity contribution < 1.29 is 9.90 Å². The number of nitrogens with zero attached hydrogens (tertiary/aromatic N) is 2. The summed E-state index contributed by atoms with van der Waals surface area (Å²) in [5, 5.41) is 9.71. The van der Waals surface area contributed by atoms with Gasteiger partial charge in [-0.15, -0.1) is 0 Å². The number of carboxylic acid groups (broad SMARTS) is 1. The van der Waals surface area contributed by atoms with E-state index >= 15 is 0 Å². The Hall–Kier alpha value is -0.970. The third kappa shape index (κ3) is 5.38. The Kier molecular flexibility index (Phi) is 6.78. The van der Waals surface area contributed by atoms with Gasteiger partial charge in [0.1, 0.15) is 0 Å². The monoisotopic (exact) mass is 312 g/mol. The van der Waals surface area contributed by atoms with Crippen LogP contribution in [0.3, 0.4) is 0 Å². The first-order chi connectivity index (χ1) is 9.77. The fourth-order valence-corrected chi connectivity index (χ4v) is 3.17. The van der Waals surface area contributed by atoms with Gasteiger partial charge in [0, 0.05) is 23.3 Å². The number of hydrogen-bond acceptors (Lipinski definition) is 3. The van der Waals surface area contributed by atoms with Crippen molar-refractivity contribution in [2.75, 3.05) is 5.75 Å². The smallest absolute Gasteiger partial charge is 0.313 e. The van der Waals surface area contributed by atoms with Gasteiger partial charge in [-0.05, 0) is 13.3 Å². The minimum atomic E-state index is -0.800. The van der Waals surface area contributed by atoms with E-state index in [1.54, 1.807) is 0 Å². The normalized spacial score (nSPS) is 13.4. The Morgan fingerprint density at radius 3 is 2.62 bits per heavy atom. The molecule has 1 heterocycles. The Morgan fingerprint density at radius 2 is 2.10 bits per heavy atom. The van der Waals surface area contributed by atoms with E-state index in [1.165, 1.54) is 36.7 Å². The van der Waals surface area contributed by atoms with Crippen LogP contribution in [0.25, 0.3) is 0 Å². The summed E-state index contributed by atoms with van der Waals surface area (Å²) in [6.07, 6.45) is 6.65. The highest BCUT2D eigenvalue weighted by Crippen LogP contribution is 2.32. The highest BCUT2D eigenvalue weighted by atomic mass is 32.2. The largest absolute Gasteiger partial charge is 0.481 e. The lowest BCUT2D eigenvalue weighted by molar-refractivity contribution is -0.133. The first-order valence-electron chi connectivity index (χ1n) is 7.69. The second-order valence-electron chi connectivity index (χ2n) is 6.57. The average Bonchev–Trinajstić information content (AvgIpc) is 2.80. The quantitative estimate of drug-likeness (QED) is 0.567. The Balaban J connectivity index is 2.98. The average molecular weight is 312 g/mol. The van der Waals surface area contributed by atoms with Gasteiger partial charge < -0.3 is 9.67 Å². The fraction of sp³-hybridized carbons (Fsp3) is 0.750. The van der Waals surface area contributed by atoms with E-state index in [1.807, 2.05) is 6.20 Å². The topological polar surface area (TPSA) is 55.1 Å². The number of thioether (sulfide) groups is 1. The molecule has 1 N–H and O–H groups in total. The van der Waals surface area contributed by atoms with Gasteiger partial charge in [0.15, 0.2) is 5.16 Å². The van der Waals surface area contributed by atoms with E-state index in [4.69, 9.17) is 5.11 Å². The molecule has 0 aromatic carbocycles. The van der Waals surface area contributed by atoms with Gasteiger partial charge in [-0.1, -0.05) is 58.7 Å². The van der Waals surface area contributed by atoms with Crippen molar-refractivity contribution >= 4 is 17.7 Å². The standard InChI is InChI=1S/C16H28N2O2S/c1-6-7-8-9-12(2)18-13(16(3,4)5)10-17-15(18)21-11-14(19)20/h10,12H,6-9,11H2,1-5H3,(H,19,20). The molecule has 0 saturated heterocycles. The summed E-state index contributed by atoms with van der Waals surface area (Å²) in [4.78, 5) is 15.3. The fourth-order valence-electron chi connectivity index (χ4n) is 2.38. The van der Waals surface area contributed by atoms with Crippen LogP contribution in [0.1, 0.15) is 72.0 Å². The third-order valence-corrected chi connectivity index (χ3v) is 4.47. The van der Waals surface area contributed by atoms with Gasteiger partial charge in [0.2, 0.25) is 0 Å². The summed E-state index contributed by atoms with van der Waals surface area (Å²) in [5.74, 6) is -0.743. The maximum absolute atomic E-state index is 10.8. The molecule has 0 saturated carbocycles. The number of carboxylic acids is 1.